The highest BCUT2D eigenvalue weighted by atomic mass is 16.6. The quantitative estimate of drug-likeness (QED) is 0.0740. The smallest absolute Gasteiger partial charge is 0.411 e. The molecule has 0 aromatic heterocycles. The molecule has 1 rings (SSSR count). The molecule has 0 bridgehead atoms. The molecule has 0 saturated heterocycles. The van der Waals surface area contributed by atoms with Crippen LogP contribution < -0.4 is 10.6 Å². The zero-order chi connectivity index (χ0) is 34.9. The van der Waals surface area contributed by atoms with E-state index in [0.29, 0.717) is 24.6 Å². The van der Waals surface area contributed by atoms with Gasteiger partial charge in [-0.1, -0.05) is 117 Å². The minimum absolute atomic E-state index is 0.402. The number of carbonyl (C=O) groups is 2. The molecule has 8 nitrogen and oxygen atoms in total. The van der Waals surface area contributed by atoms with Gasteiger partial charge in [-0.3, -0.25) is 10.6 Å². The number of nitrogens with one attached hydrogen (secondary N) is 2. The highest BCUT2D eigenvalue weighted by Crippen LogP contribution is 2.15. The second-order valence-electron chi connectivity index (χ2n) is 13.8. The third-order valence-corrected chi connectivity index (χ3v) is 9.00. The summed E-state index contributed by atoms with van der Waals surface area (Å²) in [7, 11) is 4.35. The van der Waals surface area contributed by atoms with Crippen molar-refractivity contribution in [3.8, 4) is 0 Å². The van der Waals surface area contributed by atoms with Gasteiger partial charge in [0.25, 0.3) is 0 Å². The molecule has 0 aliphatic carbocycles. The molecule has 0 radical (unpaired) electrons. The summed E-state index contributed by atoms with van der Waals surface area (Å²) in [6, 6.07) is 6.95. The number of unbranched alkanes of at least 4 members (excludes halogenated alkanes) is 18. The molecule has 0 spiro atoms. The number of anilines is 2. The van der Waals surface area contributed by atoms with Crippen molar-refractivity contribution in [1.82, 2.24) is 9.80 Å². The monoisotopic (exact) mass is 675 g/mol. The fourth-order valence-corrected chi connectivity index (χ4v) is 5.85. The normalized spacial score (nSPS) is 11.3. The molecule has 48 heavy (non-hydrogen) atoms. The van der Waals surface area contributed by atoms with Crippen LogP contribution in [0.5, 0.6) is 0 Å². The van der Waals surface area contributed by atoms with Crippen molar-refractivity contribution < 1.29 is 19.1 Å². The van der Waals surface area contributed by atoms with Crippen molar-refractivity contribution >= 4 is 23.6 Å². The van der Waals surface area contributed by atoms with Gasteiger partial charge in [0.2, 0.25) is 0 Å². The molecule has 0 heterocycles. The van der Waals surface area contributed by atoms with Gasteiger partial charge in [-0.25, -0.2) is 9.59 Å². The van der Waals surface area contributed by atoms with E-state index < -0.39 is 12.2 Å². The van der Waals surface area contributed by atoms with E-state index in [1.807, 2.05) is 0 Å². The van der Waals surface area contributed by atoms with Crippen molar-refractivity contribution in [3.63, 3.8) is 0 Å². The maximum Gasteiger partial charge on any atom is 0.411 e. The van der Waals surface area contributed by atoms with Crippen molar-refractivity contribution in [2.45, 2.75) is 155 Å². The lowest BCUT2D eigenvalue weighted by atomic mass is 10.1. The van der Waals surface area contributed by atoms with Gasteiger partial charge < -0.3 is 19.3 Å². The van der Waals surface area contributed by atoms with Gasteiger partial charge in [0, 0.05) is 11.4 Å². The van der Waals surface area contributed by atoms with E-state index in [4.69, 9.17) is 9.47 Å². The molecular weight excluding hydrogens is 600 g/mol. The summed E-state index contributed by atoms with van der Waals surface area (Å²) in [4.78, 5) is 29.1. The predicted molar refractivity (Wildman–Crippen MR) is 204 cm³/mol. The molecule has 0 aliphatic rings. The lowest BCUT2D eigenvalue weighted by Crippen LogP contribution is -2.21. The Labute approximate surface area is 295 Å². The zero-order valence-corrected chi connectivity index (χ0v) is 31.6. The molecule has 0 fully saturated rings. The lowest BCUT2D eigenvalue weighted by Gasteiger charge is -2.16. The molecule has 0 saturated carbocycles. The lowest BCUT2D eigenvalue weighted by molar-refractivity contribution is 0.156. The van der Waals surface area contributed by atoms with E-state index in [1.54, 1.807) is 24.3 Å². The predicted octanol–water partition coefficient (Wildman–Crippen LogP) is 11.3. The Kier molecular flexibility index (Phi) is 29.1. The van der Waals surface area contributed by atoms with Crippen LogP contribution in [0.1, 0.15) is 155 Å². The Morgan fingerprint density at radius 1 is 0.458 bits per heavy atom. The standard InChI is InChI=1S/C40H74N4O4/c1-5-7-9-11-13-15-17-19-21-31-43(3)33-23-25-35-47-39(45)41-37-27-29-38(30-28-37)42-40(46)48-36-26-24-34-44(4)32-22-20-18-16-14-12-10-8-6-2/h27-30H,5-26,31-36H2,1-4H3,(H,41,45)(H,42,46). The molecule has 0 atom stereocenters. The average molecular weight is 675 g/mol. The van der Waals surface area contributed by atoms with Crippen molar-refractivity contribution in [1.29, 1.82) is 0 Å². The first-order chi connectivity index (χ1) is 23.4. The summed E-state index contributed by atoms with van der Waals surface area (Å²) in [5.74, 6) is 0. The number of nitrogens with zero attached hydrogens (tertiary/aromatic N) is 2. The fourth-order valence-electron chi connectivity index (χ4n) is 5.85. The zero-order valence-electron chi connectivity index (χ0n) is 31.6. The van der Waals surface area contributed by atoms with Gasteiger partial charge in [0.15, 0.2) is 0 Å². The number of rotatable bonds is 32. The number of ether oxygens (including phenoxy) is 2. The van der Waals surface area contributed by atoms with Crippen LogP contribution in [0.2, 0.25) is 0 Å². The van der Waals surface area contributed by atoms with E-state index in [9.17, 15) is 9.59 Å². The highest BCUT2D eigenvalue weighted by molar-refractivity contribution is 5.87. The maximum atomic E-state index is 12.2. The molecule has 1 aromatic rings. The van der Waals surface area contributed by atoms with Gasteiger partial charge in [0.05, 0.1) is 13.2 Å². The minimum atomic E-state index is -0.461. The van der Waals surface area contributed by atoms with Crippen LogP contribution in [-0.2, 0) is 9.47 Å². The number of hydrogen-bond acceptors (Lipinski definition) is 6. The van der Waals surface area contributed by atoms with Crippen LogP contribution in [-0.4, -0.2) is 75.5 Å². The number of carbonyl (C=O) groups excluding carboxylic acids is 2. The molecule has 2 N–H and O–H groups in total. The van der Waals surface area contributed by atoms with Gasteiger partial charge in [-0.15, -0.1) is 0 Å². The first kappa shape index (κ1) is 43.7. The summed E-state index contributed by atoms with van der Waals surface area (Å²) < 4.78 is 10.7. The second-order valence-corrected chi connectivity index (χ2v) is 13.8. The van der Waals surface area contributed by atoms with E-state index in [2.05, 4.69) is 48.4 Å². The van der Waals surface area contributed by atoms with Gasteiger partial charge in [0.1, 0.15) is 0 Å². The number of hydrogen-bond donors (Lipinski definition) is 2. The largest absolute Gasteiger partial charge is 0.449 e. The van der Waals surface area contributed by atoms with Gasteiger partial charge in [-0.2, -0.15) is 0 Å². The van der Waals surface area contributed by atoms with Crippen LogP contribution >= 0.6 is 0 Å². The van der Waals surface area contributed by atoms with Crippen LogP contribution in [0.15, 0.2) is 24.3 Å². The molecule has 0 unspecified atom stereocenters. The van der Waals surface area contributed by atoms with E-state index in [1.165, 1.54) is 116 Å². The molecule has 1 aromatic carbocycles. The third-order valence-electron chi connectivity index (χ3n) is 9.00. The number of amides is 2. The summed E-state index contributed by atoms with van der Waals surface area (Å²) in [6.45, 7) is 9.66. The first-order valence-corrected chi connectivity index (χ1v) is 19.8. The van der Waals surface area contributed by atoms with E-state index in [0.717, 1.165) is 51.9 Å². The van der Waals surface area contributed by atoms with Crippen molar-refractivity contribution in [3.05, 3.63) is 24.3 Å². The maximum absolute atomic E-state index is 12.2. The summed E-state index contributed by atoms with van der Waals surface area (Å²) in [5.41, 5.74) is 1.23. The van der Waals surface area contributed by atoms with E-state index >= 15 is 0 Å². The Morgan fingerprint density at radius 2 is 0.729 bits per heavy atom. The minimum Gasteiger partial charge on any atom is -0.449 e. The van der Waals surface area contributed by atoms with Crippen LogP contribution in [0, 0.1) is 0 Å². The Balaban J connectivity index is 2.00. The second kappa shape index (κ2) is 31.9. The van der Waals surface area contributed by atoms with Gasteiger partial charge in [-0.05, 0) is 103 Å². The Hall–Kier alpha value is -2.32. The van der Waals surface area contributed by atoms with Crippen molar-refractivity contribution in [2.24, 2.45) is 0 Å². The average Bonchev–Trinajstić information content (AvgIpc) is 3.07. The Morgan fingerprint density at radius 3 is 1.04 bits per heavy atom. The molecule has 278 valence electrons. The van der Waals surface area contributed by atoms with Crippen molar-refractivity contribution in [2.75, 3.05) is 64.1 Å². The van der Waals surface area contributed by atoms with Crippen LogP contribution in [0.4, 0.5) is 21.0 Å². The van der Waals surface area contributed by atoms with Crippen LogP contribution in [0.3, 0.4) is 0 Å². The molecular formula is C40H74N4O4. The summed E-state index contributed by atoms with van der Waals surface area (Å²) >= 11 is 0. The summed E-state index contributed by atoms with van der Waals surface area (Å²) in [5, 5.41) is 5.50. The van der Waals surface area contributed by atoms with Gasteiger partial charge >= 0.3 is 12.2 Å². The SMILES string of the molecule is CCCCCCCCCCCN(C)CCCCOC(=O)Nc1ccc(NC(=O)OCCCCN(C)CCCCCCCCCCC)cc1. The number of benzene rings is 1. The van der Waals surface area contributed by atoms with Crippen LogP contribution in [0.25, 0.3) is 0 Å². The molecule has 2 amide bonds. The third kappa shape index (κ3) is 27.6. The van der Waals surface area contributed by atoms with E-state index in [-0.39, 0.29) is 0 Å². The molecule has 0 aliphatic heterocycles. The highest BCUT2D eigenvalue weighted by Gasteiger charge is 2.07. The topological polar surface area (TPSA) is 83.1 Å². The summed E-state index contributed by atoms with van der Waals surface area (Å²) in [6.07, 6.45) is 27.2. The Bertz CT molecular complexity index is 811. The first-order valence-electron chi connectivity index (χ1n) is 19.8. The fraction of sp³-hybridized carbons (Fsp3) is 0.800. The molecule has 8 heteroatoms.